The number of nitrogens with zero attached hydrogens (tertiary/aromatic N) is 3. The highest BCUT2D eigenvalue weighted by Crippen LogP contribution is 2.36. The van der Waals surface area contributed by atoms with Crippen molar-refractivity contribution >= 4 is 0 Å². The lowest BCUT2D eigenvalue weighted by Crippen LogP contribution is -2.54. The van der Waals surface area contributed by atoms with E-state index in [2.05, 4.69) is 29.4 Å². The van der Waals surface area contributed by atoms with Gasteiger partial charge in [-0.1, -0.05) is 12.8 Å². The average molecular weight is 267 g/mol. The molecule has 3 N–H and O–H groups in total. The van der Waals surface area contributed by atoms with Crippen LogP contribution in [0.5, 0.6) is 0 Å². The summed E-state index contributed by atoms with van der Waals surface area (Å²) in [4.78, 5) is 4.36. The van der Waals surface area contributed by atoms with Crippen LogP contribution < -0.4 is 11.3 Å². The number of hydrazine groups is 1. The van der Waals surface area contributed by atoms with Crippen LogP contribution in [0.3, 0.4) is 0 Å². The maximum Gasteiger partial charge on any atom is 0.138 e. The minimum atomic E-state index is -0.164. The molecule has 1 aliphatic rings. The molecule has 1 fully saturated rings. The van der Waals surface area contributed by atoms with E-state index in [-0.39, 0.29) is 11.6 Å². The Kier molecular flexibility index (Phi) is 4.54. The first-order valence-corrected chi connectivity index (χ1v) is 7.02. The molecule has 0 amide bonds. The van der Waals surface area contributed by atoms with Gasteiger partial charge in [0, 0.05) is 19.6 Å². The second-order valence-electron chi connectivity index (χ2n) is 5.61. The number of aromatic nitrogens is 3. The Morgan fingerprint density at radius 1 is 1.47 bits per heavy atom. The number of methoxy groups -OCH3 is 1. The van der Waals surface area contributed by atoms with E-state index in [1.54, 1.807) is 13.4 Å². The van der Waals surface area contributed by atoms with Gasteiger partial charge in [-0.2, -0.15) is 5.10 Å². The van der Waals surface area contributed by atoms with Gasteiger partial charge in [-0.3, -0.25) is 11.3 Å². The fourth-order valence-corrected chi connectivity index (χ4v) is 3.10. The lowest BCUT2D eigenvalue weighted by atomic mass is 9.89. The molecule has 1 saturated carbocycles. The molecule has 0 aliphatic heterocycles. The molecule has 1 unspecified atom stereocenters. The van der Waals surface area contributed by atoms with Gasteiger partial charge in [0.05, 0.1) is 11.6 Å². The van der Waals surface area contributed by atoms with E-state index < -0.39 is 0 Å². The molecule has 2 rings (SSSR count). The zero-order chi connectivity index (χ0) is 13.9. The Morgan fingerprint density at radius 2 is 2.16 bits per heavy atom. The van der Waals surface area contributed by atoms with Crippen molar-refractivity contribution in [1.29, 1.82) is 0 Å². The number of nitrogens with two attached hydrogens (primary N) is 1. The van der Waals surface area contributed by atoms with Crippen molar-refractivity contribution in [3.8, 4) is 0 Å². The van der Waals surface area contributed by atoms with Crippen molar-refractivity contribution in [3.63, 3.8) is 0 Å². The highest BCUT2D eigenvalue weighted by atomic mass is 16.5. The largest absolute Gasteiger partial charge is 0.377 e. The summed E-state index contributed by atoms with van der Waals surface area (Å²) in [5.74, 6) is 6.73. The Morgan fingerprint density at radius 3 is 2.68 bits per heavy atom. The summed E-state index contributed by atoms with van der Waals surface area (Å²) in [6, 6.07) is 0.375. The first-order valence-electron chi connectivity index (χ1n) is 7.02. The topological polar surface area (TPSA) is 78.0 Å². The second kappa shape index (κ2) is 5.98. The molecule has 6 heteroatoms. The standard InChI is InChI=1S/C13H25N5O/c1-10(2)18-12(15-9-16-18)8-11(17-14)13(19-3)6-4-5-7-13/h9-11,17H,4-8,14H2,1-3H3. The van der Waals surface area contributed by atoms with Crippen LogP contribution in [-0.2, 0) is 11.2 Å². The number of hydrogen-bond acceptors (Lipinski definition) is 5. The van der Waals surface area contributed by atoms with Crippen molar-refractivity contribution in [2.45, 2.75) is 63.6 Å². The summed E-state index contributed by atoms with van der Waals surface area (Å²) in [6.45, 7) is 4.20. The van der Waals surface area contributed by atoms with Crippen LogP contribution in [0.4, 0.5) is 0 Å². The second-order valence-corrected chi connectivity index (χ2v) is 5.61. The average Bonchev–Trinajstić information content (AvgIpc) is 3.05. The summed E-state index contributed by atoms with van der Waals surface area (Å²) in [5, 5.41) is 4.27. The van der Waals surface area contributed by atoms with E-state index in [4.69, 9.17) is 10.6 Å². The monoisotopic (exact) mass is 267 g/mol. The number of hydrogen-bond donors (Lipinski definition) is 2. The van der Waals surface area contributed by atoms with Crippen LogP contribution in [0.2, 0.25) is 0 Å². The van der Waals surface area contributed by atoms with Crippen LogP contribution in [0, 0.1) is 0 Å². The molecule has 1 atom stereocenters. The molecule has 108 valence electrons. The van der Waals surface area contributed by atoms with Crippen LogP contribution >= 0.6 is 0 Å². The van der Waals surface area contributed by atoms with Gasteiger partial charge in [0.2, 0.25) is 0 Å². The smallest absolute Gasteiger partial charge is 0.138 e. The maximum atomic E-state index is 5.80. The Bertz CT molecular complexity index is 397. The lowest BCUT2D eigenvalue weighted by molar-refractivity contribution is -0.0363. The Labute approximate surface area is 114 Å². The van der Waals surface area contributed by atoms with Gasteiger partial charge in [0.1, 0.15) is 12.2 Å². The third-order valence-electron chi connectivity index (χ3n) is 4.22. The Hall–Kier alpha value is -0.980. The first kappa shape index (κ1) is 14.4. The number of rotatable bonds is 6. The van der Waals surface area contributed by atoms with E-state index in [0.717, 1.165) is 25.1 Å². The molecule has 0 bridgehead atoms. The van der Waals surface area contributed by atoms with Crippen molar-refractivity contribution in [2.75, 3.05) is 7.11 Å². The summed E-state index contributed by atoms with van der Waals surface area (Å²) in [7, 11) is 1.78. The van der Waals surface area contributed by atoms with Gasteiger partial charge in [-0.15, -0.1) is 0 Å². The number of nitrogens with one attached hydrogen (secondary N) is 1. The van der Waals surface area contributed by atoms with Gasteiger partial charge in [0.15, 0.2) is 0 Å². The SMILES string of the molecule is COC1(C(Cc2ncnn2C(C)C)NN)CCCC1. The summed E-state index contributed by atoms with van der Waals surface area (Å²) < 4.78 is 7.75. The van der Waals surface area contributed by atoms with Crippen molar-refractivity contribution in [2.24, 2.45) is 5.84 Å². The summed E-state index contributed by atoms with van der Waals surface area (Å²) in [5.41, 5.74) is 2.77. The van der Waals surface area contributed by atoms with E-state index in [1.807, 2.05) is 4.68 Å². The molecule has 1 heterocycles. The summed E-state index contributed by atoms with van der Waals surface area (Å²) >= 11 is 0. The van der Waals surface area contributed by atoms with Gasteiger partial charge in [0.25, 0.3) is 0 Å². The highest BCUT2D eigenvalue weighted by Gasteiger charge is 2.41. The first-order chi connectivity index (χ1) is 9.13. The molecule has 1 aromatic heterocycles. The number of ether oxygens (including phenoxy) is 1. The molecular weight excluding hydrogens is 242 g/mol. The van der Waals surface area contributed by atoms with Crippen LogP contribution in [-0.4, -0.2) is 33.5 Å². The van der Waals surface area contributed by atoms with E-state index in [1.165, 1.54) is 12.8 Å². The molecule has 6 nitrogen and oxygen atoms in total. The predicted octanol–water partition coefficient (Wildman–Crippen LogP) is 1.19. The molecule has 1 aromatic rings. The predicted molar refractivity (Wildman–Crippen MR) is 73.4 cm³/mol. The fraction of sp³-hybridized carbons (Fsp3) is 0.846. The van der Waals surface area contributed by atoms with Gasteiger partial charge >= 0.3 is 0 Å². The zero-order valence-electron chi connectivity index (χ0n) is 12.1. The molecule has 0 saturated heterocycles. The van der Waals surface area contributed by atoms with Crippen molar-refractivity contribution in [3.05, 3.63) is 12.2 Å². The van der Waals surface area contributed by atoms with Crippen LogP contribution in [0.1, 0.15) is 51.4 Å². The molecule has 0 radical (unpaired) electrons. The molecule has 0 spiro atoms. The highest BCUT2D eigenvalue weighted by molar-refractivity contribution is 5.02. The Balaban J connectivity index is 2.16. The van der Waals surface area contributed by atoms with E-state index in [0.29, 0.717) is 6.04 Å². The molecule has 1 aliphatic carbocycles. The van der Waals surface area contributed by atoms with Crippen molar-refractivity contribution in [1.82, 2.24) is 20.2 Å². The third-order valence-corrected chi connectivity index (χ3v) is 4.22. The van der Waals surface area contributed by atoms with Crippen molar-refractivity contribution < 1.29 is 4.74 Å². The maximum absolute atomic E-state index is 5.80. The van der Waals surface area contributed by atoms with E-state index >= 15 is 0 Å². The third kappa shape index (κ3) is 2.80. The fourth-order valence-electron chi connectivity index (χ4n) is 3.10. The van der Waals surface area contributed by atoms with Gasteiger partial charge in [-0.25, -0.2) is 9.67 Å². The molecule has 19 heavy (non-hydrogen) atoms. The van der Waals surface area contributed by atoms with Crippen LogP contribution in [0.15, 0.2) is 6.33 Å². The van der Waals surface area contributed by atoms with Gasteiger partial charge in [-0.05, 0) is 26.7 Å². The quantitative estimate of drug-likeness (QED) is 0.598. The lowest BCUT2D eigenvalue weighted by Gasteiger charge is -2.35. The van der Waals surface area contributed by atoms with E-state index in [9.17, 15) is 0 Å². The normalized spacial score (nSPS) is 20.1. The minimum Gasteiger partial charge on any atom is -0.377 e. The van der Waals surface area contributed by atoms with Gasteiger partial charge < -0.3 is 4.74 Å². The molecule has 0 aromatic carbocycles. The van der Waals surface area contributed by atoms with Crippen LogP contribution in [0.25, 0.3) is 0 Å². The summed E-state index contributed by atoms with van der Waals surface area (Å²) in [6.07, 6.45) is 6.84. The molecular formula is C13H25N5O. The zero-order valence-corrected chi connectivity index (χ0v) is 12.1. The minimum absolute atomic E-state index is 0.0710.